The van der Waals surface area contributed by atoms with Gasteiger partial charge in [0.1, 0.15) is 0 Å². The Morgan fingerprint density at radius 2 is 2.25 bits per heavy atom. The molecule has 0 amide bonds. The number of hydrogen-bond donors (Lipinski definition) is 1. The van der Waals surface area contributed by atoms with E-state index in [-0.39, 0.29) is 0 Å². The molecule has 0 aliphatic carbocycles. The molecule has 0 heterocycles. The van der Waals surface area contributed by atoms with Crippen LogP contribution in [0.15, 0.2) is 27.8 Å². The Kier molecular flexibility index (Phi) is 3.12. The molecule has 0 unspecified atom stereocenters. The van der Waals surface area contributed by atoms with Crippen molar-refractivity contribution in [1.82, 2.24) is 0 Å². The van der Waals surface area contributed by atoms with E-state index in [9.17, 15) is 0 Å². The van der Waals surface area contributed by atoms with Gasteiger partial charge < -0.3 is 5.21 Å². The molecule has 0 saturated carbocycles. The van der Waals surface area contributed by atoms with Crippen molar-refractivity contribution < 1.29 is 5.21 Å². The largest absolute Gasteiger partial charge is 0.411 e. The minimum absolute atomic E-state index is 0.562. The Balaban J connectivity index is 3.13. The predicted molar refractivity (Wildman–Crippen MR) is 53.1 cm³/mol. The number of nitrogens with zero attached hydrogens (tertiary/aromatic N) is 1. The van der Waals surface area contributed by atoms with Crippen LogP contribution in [0.2, 0.25) is 5.02 Å². The Hall–Kier alpha value is -0.540. The van der Waals surface area contributed by atoms with Gasteiger partial charge in [-0.1, -0.05) is 22.8 Å². The summed E-state index contributed by atoms with van der Waals surface area (Å²) in [5.74, 6) is 0. The van der Waals surface area contributed by atoms with Gasteiger partial charge in [-0.3, -0.25) is 0 Å². The first-order valence-corrected chi connectivity index (χ1v) is 4.46. The van der Waals surface area contributed by atoms with E-state index in [4.69, 9.17) is 16.8 Å². The maximum Gasteiger partial charge on any atom is 0.0837 e. The first-order chi connectivity index (χ1) is 5.65. The van der Waals surface area contributed by atoms with Crippen LogP contribution in [0.3, 0.4) is 0 Å². The summed E-state index contributed by atoms with van der Waals surface area (Å²) in [5, 5.41) is 12.2. The van der Waals surface area contributed by atoms with Crippen molar-refractivity contribution in [2.75, 3.05) is 0 Å². The lowest BCUT2D eigenvalue weighted by Crippen LogP contribution is -1.93. The molecule has 1 N–H and O–H groups in total. The first-order valence-electron chi connectivity index (χ1n) is 3.29. The molecule has 0 aliphatic heterocycles. The van der Waals surface area contributed by atoms with Crippen LogP contribution in [-0.4, -0.2) is 10.9 Å². The van der Waals surface area contributed by atoms with Gasteiger partial charge in [0.25, 0.3) is 0 Å². The van der Waals surface area contributed by atoms with E-state index in [0.29, 0.717) is 10.7 Å². The molecule has 1 aromatic carbocycles. The van der Waals surface area contributed by atoms with E-state index < -0.39 is 0 Å². The van der Waals surface area contributed by atoms with Gasteiger partial charge >= 0.3 is 0 Å². The standard InChI is InChI=1S/C8H7BrClNO/c1-5(11-12)6-2-3-8(10)7(9)4-6/h2-4,12H,1H3. The average molecular weight is 249 g/mol. The molecule has 0 aliphatic rings. The van der Waals surface area contributed by atoms with Crippen molar-refractivity contribution in [3.63, 3.8) is 0 Å². The number of halogens is 2. The highest BCUT2D eigenvalue weighted by atomic mass is 79.9. The van der Waals surface area contributed by atoms with Crippen LogP contribution >= 0.6 is 27.5 Å². The minimum Gasteiger partial charge on any atom is -0.411 e. The van der Waals surface area contributed by atoms with Crippen LogP contribution in [0.5, 0.6) is 0 Å². The fraction of sp³-hybridized carbons (Fsp3) is 0.125. The zero-order valence-corrected chi connectivity index (χ0v) is 8.72. The number of hydrogen-bond acceptors (Lipinski definition) is 2. The third kappa shape index (κ3) is 1.99. The maximum atomic E-state index is 8.49. The van der Waals surface area contributed by atoms with Crippen molar-refractivity contribution in [3.8, 4) is 0 Å². The first kappa shape index (κ1) is 9.55. The summed E-state index contributed by atoms with van der Waals surface area (Å²) in [6.07, 6.45) is 0. The molecule has 0 bridgehead atoms. The molecule has 0 saturated heterocycles. The SMILES string of the molecule is CC(=NO)c1ccc(Cl)c(Br)c1. The highest BCUT2D eigenvalue weighted by Crippen LogP contribution is 2.23. The zero-order valence-electron chi connectivity index (χ0n) is 6.38. The highest BCUT2D eigenvalue weighted by Gasteiger charge is 2.01. The molecule has 64 valence electrons. The topological polar surface area (TPSA) is 32.6 Å². The predicted octanol–water partition coefficient (Wildman–Crippen LogP) is 3.30. The van der Waals surface area contributed by atoms with Gasteiger partial charge in [0, 0.05) is 10.0 Å². The summed E-state index contributed by atoms with van der Waals surface area (Å²) in [4.78, 5) is 0. The van der Waals surface area contributed by atoms with Gasteiger partial charge in [-0.15, -0.1) is 0 Å². The van der Waals surface area contributed by atoms with Crippen LogP contribution in [0.4, 0.5) is 0 Å². The summed E-state index contributed by atoms with van der Waals surface area (Å²) >= 11 is 9.05. The number of oxime groups is 1. The van der Waals surface area contributed by atoms with Crippen LogP contribution in [0.25, 0.3) is 0 Å². The normalized spacial score (nSPS) is 11.8. The quantitative estimate of drug-likeness (QED) is 0.462. The van der Waals surface area contributed by atoms with Gasteiger partial charge in [-0.2, -0.15) is 0 Å². The van der Waals surface area contributed by atoms with Crippen LogP contribution in [0.1, 0.15) is 12.5 Å². The molecule has 1 rings (SSSR count). The summed E-state index contributed by atoms with van der Waals surface area (Å²) in [6.45, 7) is 1.72. The fourth-order valence-electron chi connectivity index (χ4n) is 0.779. The van der Waals surface area contributed by atoms with Gasteiger partial charge in [-0.05, 0) is 35.0 Å². The van der Waals surface area contributed by atoms with Gasteiger partial charge in [0.2, 0.25) is 0 Å². The lowest BCUT2D eigenvalue weighted by Gasteiger charge is -2.00. The molecule has 12 heavy (non-hydrogen) atoms. The van der Waals surface area contributed by atoms with E-state index in [1.165, 1.54) is 0 Å². The molecule has 0 fully saturated rings. The molecule has 0 spiro atoms. The van der Waals surface area contributed by atoms with Gasteiger partial charge in [0.05, 0.1) is 10.7 Å². The maximum absolute atomic E-state index is 8.49. The molecule has 1 aromatic rings. The molecule has 0 aromatic heterocycles. The highest BCUT2D eigenvalue weighted by molar-refractivity contribution is 9.10. The second-order valence-corrected chi connectivity index (χ2v) is 3.58. The second kappa shape index (κ2) is 3.92. The van der Waals surface area contributed by atoms with E-state index in [1.807, 2.05) is 0 Å². The third-order valence-electron chi connectivity index (χ3n) is 1.49. The average Bonchev–Trinajstić information content (AvgIpc) is 2.08. The van der Waals surface area contributed by atoms with Crippen molar-refractivity contribution in [3.05, 3.63) is 33.3 Å². The lowest BCUT2D eigenvalue weighted by atomic mass is 10.1. The summed E-state index contributed by atoms with van der Waals surface area (Å²) < 4.78 is 0.796. The van der Waals surface area contributed by atoms with Crippen molar-refractivity contribution in [1.29, 1.82) is 0 Å². The molecule has 0 atom stereocenters. The molecule has 2 nitrogen and oxygen atoms in total. The van der Waals surface area contributed by atoms with Crippen LogP contribution in [0, 0.1) is 0 Å². The van der Waals surface area contributed by atoms with E-state index in [0.717, 1.165) is 10.0 Å². The van der Waals surface area contributed by atoms with E-state index >= 15 is 0 Å². The Labute approximate surface area is 84.0 Å². The monoisotopic (exact) mass is 247 g/mol. The number of rotatable bonds is 1. The third-order valence-corrected chi connectivity index (χ3v) is 2.70. The van der Waals surface area contributed by atoms with Gasteiger partial charge in [0.15, 0.2) is 0 Å². The molecule has 4 heteroatoms. The summed E-state index contributed by atoms with van der Waals surface area (Å²) in [6, 6.07) is 5.34. The van der Waals surface area contributed by atoms with E-state index in [2.05, 4.69) is 21.1 Å². The Bertz CT molecular complexity index is 325. The van der Waals surface area contributed by atoms with Gasteiger partial charge in [-0.25, -0.2) is 0 Å². The molecular formula is C8H7BrClNO. The fourth-order valence-corrected chi connectivity index (χ4v) is 1.28. The number of benzene rings is 1. The molecular weight excluding hydrogens is 241 g/mol. The van der Waals surface area contributed by atoms with Crippen molar-refractivity contribution in [2.24, 2.45) is 5.16 Å². The van der Waals surface area contributed by atoms with Crippen LogP contribution < -0.4 is 0 Å². The van der Waals surface area contributed by atoms with Crippen molar-refractivity contribution >= 4 is 33.2 Å². The van der Waals surface area contributed by atoms with Crippen molar-refractivity contribution in [2.45, 2.75) is 6.92 Å². The summed E-state index contributed by atoms with van der Waals surface area (Å²) in [7, 11) is 0. The van der Waals surface area contributed by atoms with E-state index in [1.54, 1.807) is 25.1 Å². The lowest BCUT2D eigenvalue weighted by molar-refractivity contribution is 0.319. The minimum atomic E-state index is 0.562. The molecule has 0 radical (unpaired) electrons. The second-order valence-electron chi connectivity index (χ2n) is 2.31. The Morgan fingerprint density at radius 1 is 1.58 bits per heavy atom. The summed E-state index contributed by atoms with van der Waals surface area (Å²) in [5.41, 5.74) is 1.40. The van der Waals surface area contributed by atoms with Crippen LogP contribution in [-0.2, 0) is 0 Å². The Morgan fingerprint density at radius 3 is 2.75 bits per heavy atom. The zero-order chi connectivity index (χ0) is 9.14. The smallest absolute Gasteiger partial charge is 0.0837 e.